The molecule has 9 heteroatoms. The van der Waals surface area contributed by atoms with Crippen molar-refractivity contribution < 1.29 is 21.9 Å². The Morgan fingerprint density at radius 1 is 1.00 bits per heavy atom. The quantitative estimate of drug-likeness (QED) is 0.531. The highest BCUT2D eigenvalue weighted by atomic mass is 32.2. The molecule has 0 spiro atoms. The molecule has 0 fully saturated rings. The third kappa shape index (κ3) is 3.48. The number of pyridine rings is 1. The number of sulfone groups is 1. The fraction of sp³-hybridized carbons (Fsp3) is 0.0952. The van der Waals surface area contributed by atoms with Gasteiger partial charge in [-0.1, -0.05) is 0 Å². The highest BCUT2D eigenvalue weighted by molar-refractivity contribution is 7.90. The van der Waals surface area contributed by atoms with Gasteiger partial charge < -0.3 is 14.3 Å². The number of aromatic amines is 1. The third-order valence-electron chi connectivity index (χ3n) is 4.70. The van der Waals surface area contributed by atoms with Crippen LogP contribution in [-0.2, 0) is 16.9 Å². The van der Waals surface area contributed by atoms with E-state index >= 15 is 0 Å². The molecular weight excluding hydrogens is 414 g/mol. The monoisotopic (exact) mass is 430 g/mol. The SMILES string of the molecule is Cn1ccc2c(-c3cc(S(C)(=O)=O)ccc3Oc3ccc(F)cc3F)c[nH]c2c1=O. The molecule has 0 atom stereocenters. The maximum Gasteiger partial charge on any atom is 0.274 e. The maximum atomic E-state index is 14.1. The molecule has 0 saturated carbocycles. The number of nitrogens with zero attached hydrogens (tertiary/aromatic N) is 1. The topological polar surface area (TPSA) is 81.2 Å². The third-order valence-corrected chi connectivity index (χ3v) is 5.81. The Morgan fingerprint density at radius 2 is 1.73 bits per heavy atom. The average Bonchev–Trinajstić information content (AvgIpc) is 3.11. The van der Waals surface area contributed by atoms with E-state index in [-0.39, 0.29) is 22.0 Å². The predicted octanol–water partition coefficient (Wildman–Crippen LogP) is 4.01. The van der Waals surface area contributed by atoms with Gasteiger partial charge >= 0.3 is 0 Å². The van der Waals surface area contributed by atoms with Crippen molar-refractivity contribution >= 4 is 20.7 Å². The molecule has 0 aliphatic carbocycles. The first-order valence-electron chi connectivity index (χ1n) is 8.79. The summed E-state index contributed by atoms with van der Waals surface area (Å²) >= 11 is 0. The van der Waals surface area contributed by atoms with Gasteiger partial charge in [0.1, 0.15) is 17.1 Å². The van der Waals surface area contributed by atoms with Crippen LogP contribution in [0.2, 0.25) is 0 Å². The molecule has 154 valence electrons. The van der Waals surface area contributed by atoms with Crippen molar-refractivity contribution in [1.29, 1.82) is 0 Å². The smallest absolute Gasteiger partial charge is 0.274 e. The van der Waals surface area contributed by atoms with Crippen LogP contribution < -0.4 is 10.3 Å². The number of nitrogens with one attached hydrogen (secondary N) is 1. The maximum absolute atomic E-state index is 14.1. The number of hydrogen-bond acceptors (Lipinski definition) is 4. The molecule has 0 amide bonds. The van der Waals surface area contributed by atoms with Gasteiger partial charge in [0.25, 0.3) is 5.56 Å². The van der Waals surface area contributed by atoms with Gasteiger partial charge in [-0.05, 0) is 36.4 Å². The van der Waals surface area contributed by atoms with Crippen LogP contribution in [0.15, 0.2) is 64.5 Å². The van der Waals surface area contributed by atoms with Gasteiger partial charge in [0.15, 0.2) is 21.4 Å². The van der Waals surface area contributed by atoms with Crippen molar-refractivity contribution in [1.82, 2.24) is 9.55 Å². The van der Waals surface area contributed by atoms with Crippen LogP contribution in [0.5, 0.6) is 11.5 Å². The lowest BCUT2D eigenvalue weighted by atomic mass is 10.0. The second-order valence-electron chi connectivity index (χ2n) is 6.83. The fourth-order valence-corrected chi connectivity index (χ4v) is 3.80. The summed E-state index contributed by atoms with van der Waals surface area (Å²) in [4.78, 5) is 15.3. The first kappa shape index (κ1) is 19.8. The second kappa shape index (κ2) is 7.10. The zero-order valence-electron chi connectivity index (χ0n) is 15.9. The molecule has 6 nitrogen and oxygen atoms in total. The van der Waals surface area contributed by atoms with Crippen LogP contribution in [0.25, 0.3) is 22.0 Å². The molecule has 0 unspecified atom stereocenters. The molecule has 2 heterocycles. The molecule has 2 aromatic carbocycles. The van der Waals surface area contributed by atoms with E-state index in [1.165, 1.54) is 22.8 Å². The number of aryl methyl sites for hydroxylation is 1. The molecule has 0 radical (unpaired) electrons. The number of rotatable bonds is 4. The summed E-state index contributed by atoms with van der Waals surface area (Å²) in [7, 11) is -1.93. The molecular formula is C21H16F2N2O4S. The van der Waals surface area contributed by atoms with Crippen LogP contribution in [0.1, 0.15) is 0 Å². The second-order valence-corrected chi connectivity index (χ2v) is 8.85. The Hall–Kier alpha value is -3.46. The Kier molecular flexibility index (Phi) is 4.70. The van der Waals surface area contributed by atoms with E-state index < -0.39 is 21.5 Å². The lowest BCUT2D eigenvalue weighted by Crippen LogP contribution is -2.15. The predicted molar refractivity (Wildman–Crippen MR) is 109 cm³/mol. The minimum Gasteiger partial charge on any atom is -0.454 e. The van der Waals surface area contributed by atoms with E-state index in [1.807, 2.05) is 0 Å². The van der Waals surface area contributed by atoms with Crippen molar-refractivity contribution in [3.05, 3.63) is 76.8 Å². The Labute approximate surface area is 170 Å². The van der Waals surface area contributed by atoms with Crippen LogP contribution in [0, 0.1) is 11.6 Å². The summed E-state index contributed by atoms with van der Waals surface area (Å²) < 4.78 is 58.5. The Morgan fingerprint density at radius 3 is 2.43 bits per heavy atom. The lowest BCUT2D eigenvalue weighted by molar-refractivity contribution is 0.438. The summed E-state index contributed by atoms with van der Waals surface area (Å²) in [5.41, 5.74) is 0.913. The van der Waals surface area contributed by atoms with Gasteiger partial charge in [0, 0.05) is 48.3 Å². The first-order valence-corrected chi connectivity index (χ1v) is 10.7. The highest BCUT2D eigenvalue weighted by Crippen LogP contribution is 2.38. The largest absolute Gasteiger partial charge is 0.454 e. The summed E-state index contributed by atoms with van der Waals surface area (Å²) in [6.07, 6.45) is 4.21. The zero-order valence-corrected chi connectivity index (χ0v) is 16.8. The lowest BCUT2D eigenvalue weighted by Gasteiger charge is -2.13. The number of H-pyrrole nitrogens is 1. The average molecular weight is 430 g/mol. The summed E-state index contributed by atoms with van der Waals surface area (Å²) in [5.74, 6) is -1.73. The van der Waals surface area contributed by atoms with Crippen molar-refractivity contribution in [3.8, 4) is 22.6 Å². The number of aromatic nitrogens is 2. The van der Waals surface area contributed by atoms with Gasteiger partial charge in [0.05, 0.1) is 4.90 Å². The standard InChI is InChI=1S/C21H16F2N2O4S/c1-25-8-7-14-16(11-24-20(14)21(25)26)15-10-13(30(2,27)28)4-6-18(15)29-19-5-3-12(22)9-17(19)23/h3-11,24H,1-2H3. The summed E-state index contributed by atoms with van der Waals surface area (Å²) in [6, 6.07) is 8.72. The van der Waals surface area contributed by atoms with Crippen molar-refractivity contribution in [2.75, 3.05) is 6.26 Å². The fourth-order valence-electron chi connectivity index (χ4n) is 3.15. The highest BCUT2D eigenvalue weighted by Gasteiger charge is 2.19. The molecule has 4 aromatic rings. The van der Waals surface area contributed by atoms with E-state index in [0.29, 0.717) is 28.1 Å². The Bertz CT molecular complexity index is 1460. The molecule has 0 aliphatic rings. The van der Waals surface area contributed by atoms with Crippen molar-refractivity contribution in [2.24, 2.45) is 7.05 Å². The molecule has 0 bridgehead atoms. The summed E-state index contributed by atoms with van der Waals surface area (Å²) in [5, 5.41) is 0.549. The van der Waals surface area contributed by atoms with Crippen molar-refractivity contribution in [3.63, 3.8) is 0 Å². The van der Waals surface area contributed by atoms with Gasteiger partial charge in [-0.25, -0.2) is 17.2 Å². The van der Waals surface area contributed by atoms with Gasteiger partial charge in [-0.3, -0.25) is 4.79 Å². The van der Waals surface area contributed by atoms with Crippen LogP contribution >= 0.6 is 0 Å². The van der Waals surface area contributed by atoms with Crippen LogP contribution in [-0.4, -0.2) is 24.2 Å². The van der Waals surface area contributed by atoms with E-state index in [9.17, 15) is 22.0 Å². The van der Waals surface area contributed by atoms with E-state index in [0.717, 1.165) is 18.4 Å². The molecule has 2 aromatic heterocycles. The minimum atomic E-state index is -3.54. The van der Waals surface area contributed by atoms with Gasteiger partial charge in [0.2, 0.25) is 0 Å². The summed E-state index contributed by atoms with van der Waals surface area (Å²) in [6.45, 7) is 0. The number of benzene rings is 2. The van der Waals surface area contributed by atoms with E-state index in [2.05, 4.69) is 4.98 Å². The van der Waals surface area contributed by atoms with Crippen LogP contribution in [0.3, 0.4) is 0 Å². The minimum absolute atomic E-state index is 0.0302. The molecule has 1 N–H and O–H groups in total. The van der Waals surface area contributed by atoms with E-state index in [4.69, 9.17) is 4.74 Å². The number of halogens is 2. The zero-order chi connectivity index (χ0) is 21.6. The number of hydrogen-bond donors (Lipinski definition) is 1. The first-order chi connectivity index (χ1) is 14.1. The van der Waals surface area contributed by atoms with Gasteiger partial charge in [-0.15, -0.1) is 0 Å². The van der Waals surface area contributed by atoms with Crippen LogP contribution in [0.4, 0.5) is 8.78 Å². The van der Waals surface area contributed by atoms with Gasteiger partial charge in [-0.2, -0.15) is 0 Å². The van der Waals surface area contributed by atoms with E-state index in [1.54, 1.807) is 25.5 Å². The Balaban J connectivity index is 1.95. The molecule has 0 saturated heterocycles. The molecule has 30 heavy (non-hydrogen) atoms. The van der Waals surface area contributed by atoms with Crippen molar-refractivity contribution in [2.45, 2.75) is 4.90 Å². The normalized spacial score (nSPS) is 11.7. The number of ether oxygens (including phenoxy) is 1. The molecule has 4 rings (SSSR count). The molecule has 0 aliphatic heterocycles. The number of fused-ring (bicyclic) bond motifs is 1.